The average molecular weight is 289 g/mol. The van der Waals surface area contributed by atoms with E-state index >= 15 is 0 Å². The fraction of sp³-hybridized carbons (Fsp3) is 0.667. The summed E-state index contributed by atoms with van der Waals surface area (Å²) in [7, 11) is 6.60. The van der Waals surface area contributed by atoms with Crippen molar-refractivity contribution in [1.82, 2.24) is 15.1 Å². The second kappa shape index (κ2) is 6.91. The zero-order valence-corrected chi connectivity index (χ0v) is 14.5. The summed E-state index contributed by atoms with van der Waals surface area (Å²) in [4.78, 5) is 4.96. The van der Waals surface area contributed by atoms with Crippen molar-refractivity contribution in [3.05, 3.63) is 34.4 Å². The van der Waals surface area contributed by atoms with Gasteiger partial charge >= 0.3 is 0 Å². The number of piperazine rings is 1. The van der Waals surface area contributed by atoms with Gasteiger partial charge in [-0.3, -0.25) is 4.90 Å². The summed E-state index contributed by atoms with van der Waals surface area (Å²) in [6, 6.07) is 5.70. The van der Waals surface area contributed by atoms with Gasteiger partial charge in [-0.15, -0.1) is 0 Å². The molecule has 0 saturated carbocycles. The standard InChI is InChI=1S/C18H31N3/c1-13-9-14(2)16(15(3)10-13)11-17(19-4)18-12-20(5)7-8-21(18)6/h9-10,17-19H,7-8,11-12H2,1-6H3. The molecule has 1 aromatic carbocycles. The Hall–Kier alpha value is -0.900. The van der Waals surface area contributed by atoms with Gasteiger partial charge in [0.15, 0.2) is 0 Å². The van der Waals surface area contributed by atoms with Gasteiger partial charge in [-0.1, -0.05) is 17.7 Å². The molecule has 1 aliphatic heterocycles. The van der Waals surface area contributed by atoms with Crippen molar-refractivity contribution in [1.29, 1.82) is 0 Å². The molecule has 1 heterocycles. The summed E-state index contributed by atoms with van der Waals surface area (Å²) in [5.74, 6) is 0. The van der Waals surface area contributed by atoms with Crippen LogP contribution in [0.15, 0.2) is 12.1 Å². The van der Waals surface area contributed by atoms with E-state index in [0.29, 0.717) is 12.1 Å². The Kier molecular flexibility index (Phi) is 5.42. The second-order valence-corrected chi connectivity index (χ2v) is 6.79. The van der Waals surface area contributed by atoms with Gasteiger partial charge in [-0.2, -0.15) is 0 Å². The highest BCUT2D eigenvalue weighted by atomic mass is 15.3. The van der Waals surface area contributed by atoms with E-state index in [1.54, 1.807) is 0 Å². The van der Waals surface area contributed by atoms with Gasteiger partial charge in [0.25, 0.3) is 0 Å². The Morgan fingerprint density at radius 1 is 1.14 bits per heavy atom. The highest BCUT2D eigenvalue weighted by molar-refractivity contribution is 5.38. The summed E-state index contributed by atoms with van der Waals surface area (Å²) in [5, 5.41) is 3.57. The van der Waals surface area contributed by atoms with Crippen molar-refractivity contribution in [2.45, 2.75) is 39.3 Å². The summed E-state index contributed by atoms with van der Waals surface area (Å²) in [5.41, 5.74) is 5.74. The van der Waals surface area contributed by atoms with Gasteiger partial charge < -0.3 is 10.2 Å². The van der Waals surface area contributed by atoms with Gasteiger partial charge in [-0.05, 0) is 65.0 Å². The van der Waals surface area contributed by atoms with Gasteiger partial charge in [0.2, 0.25) is 0 Å². The lowest BCUT2D eigenvalue weighted by atomic mass is 9.90. The van der Waals surface area contributed by atoms with Crippen molar-refractivity contribution in [2.75, 3.05) is 40.8 Å². The van der Waals surface area contributed by atoms with Crippen LogP contribution in [0.4, 0.5) is 0 Å². The number of benzene rings is 1. The molecule has 1 saturated heterocycles. The Morgan fingerprint density at radius 3 is 2.33 bits per heavy atom. The largest absolute Gasteiger partial charge is 0.315 e. The second-order valence-electron chi connectivity index (χ2n) is 6.79. The smallest absolute Gasteiger partial charge is 0.0377 e. The van der Waals surface area contributed by atoms with Gasteiger partial charge in [0.1, 0.15) is 0 Å². The summed E-state index contributed by atoms with van der Waals surface area (Å²) in [6.45, 7) is 10.2. The molecule has 2 unspecified atom stereocenters. The predicted octanol–water partition coefficient (Wildman–Crippen LogP) is 1.99. The first kappa shape index (κ1) is 16.5. The SMILES string of the molecule is CNC(Cc1c(C)cc(C)cc1C)C1CN(C)CCN1C. The first-order chi connectivity index (χ1) is 9.92. The maximum absolute atomic E-state index is 3.57. The van der Waals surface area contributed by atoms with E-state index in [9.17, 15) is 0 Å². The van der Waals surface area contributed by atoms with E-state index in [0.717, 1.165) is 19.5 Å². The van der Waals surface area contributed by atoms with Crippen LogP contribution in [0.3, 0.4) is 0 Å². The maximum Gasteiger partial charge on any atom is 0.0377 e. The zero-order valence-electron chi connectivity index (χ0n) is 14.5. The molecule has 2 atom stereocenters. The van der Waals surface area contributed by atoms with Crippen molar-refractivity contribution in [3.8, 4) is 0 Å². The average Bonchev–Trinajstić information content (AvgIpc) is 2.41. The number of likely N-dealkylation sites (N-methyl/N-ethyl adjacent to an activating group) is 3. The molecule has 3 nitrogen and oxygen atoms in total. The first-order valence-electron chi connectivity index (χ1n) is 8.05. The van der Waals surface area contributed by atoms with Crippen LogP contribution in [0, 0.1) is 20.8 Å². The number of hydrogen-bond donors (Lipinski definition) is 1. The molecule has 0 aliphatic carbocycles. The van der Waals surface area contributed by atoms with Gasteiger partial charge in [0, 0.05) is 31.7 Å². The molecule has 0 aromatic heterocycles. The number of hydrogen-bond acceptors (Lipinski definition) is 3. The molecule has 118 valence electrons. The van der Waals surface area contributed by atoms with Crippen LogP contribution in [0.5, 0.6) is 0 Å². The molecule has 0 bridgehead atoms. The van der Waals surface area contributed by atoms with Crippen molar-refractivity contribution >= 4 is 0 Å². The lowest BCUT2D eigenvalue weighted by Gasteiger charge is -2.42. The minimum atomic E-state index is 0.498. The molecule has 3 heteroatoms. The van der Waals surface area contributed by atoms with Crippen LogP contribution in [-0.2, 0) is 6.42 Å². The maximum atomic E-state index is 3.57. The van der Waals surface area contributed by atoms with Crippen LogP contribution in [0.25, 0.3) is 0 Å². The highest BCUT2D eigenvalue weighted by Crippen LogP contribution is 2.21. The lowest BCUT2D eigenvalue weighted by molar-refractivity contribution is 0.0896. The van der Waals surface area contributed by atoms with Crippen molar-refractivity contribution < 1.29 is 0 Å². The summed E-state index contributed by atoms with van der Waals surface area (Å²) < 4.78 is 0. The fourth-order valence-electron chi connectivity index (χ4n) is 3.66. The predicted molar refractivity (Wildman–Crippen MR) is 91.1 cm³/mol. The molecule has 2 rings (SSSR count). The molecule has 21 heavy (non-hydrogen) atoms. The van der Waals surface area contributed by atoms with Crippen LogP contribution >= 0.6 is 0 Å². The van der Waals surface area contributed by atoms with Crippen molar-refractivity contribution in [2.24, 2.45) is 0 Å². The number of aryl methyl sites for hydroxylation is 3. The van der Waals surface area contributed by atoms with E-state index < -0.39 is 0 Å². The van der Waals surface area contributed by atoms with Crippen molar-refractivity contribution in [3.63, 3.8) is 0 Å². The topological polar surface area (TPSA) is 18.5 Å². The fourth-order valence-corrected chi connectivity index (χ4v) is 3.66. The third-order valence-corrected chi connectivity index (χ3v) is 5.00. The Balaban J connectivity index is 2.19. The third-order valence-electron chi connectivity index (χ3n) is 5.00. The highest BCUT2D eigenvalue weighted by Gasteiger charge is 2.29. The molecule has 1 N–H and O–H groups in total. The molecule has 0 amide bonds. The Morgan fingerprint density at radius 2 is 1.76 bits per heavy atom. The molecular weight excluding hydrogens is 258 g/mol. The van der Waals surface area contributed by atoms with E-state index in [2.05, 4.69) is 69.2 Å². The molecule has 0 spiro atoms. The van der Waals surface area contributed by atoms with E-state index in [-0.39, 0.29) is 0 Å². The quantitative estimate of drug-likeness (QED) is 0.914. The molecule has 1 fully saturated rings. The molecule has 0 radical (unpaired) electrons. The zero-order chi connectivity index (χ0) is 15.6. The van der Waals surface area contributed by atoms with E-state index in [1.807, 2.05) is 0 Å². The Labute approximate surface area is 130 Å². The summed E-state index contributed by atoms with van der Waals surface area (Å²) >= 11 is 0. The van der Waals surface area contributed by atoms with E-state index in [1.165, 1.54) is 28.8 Å². The number of rotatable bonds is 4. The van der Waals surface area contributed by atoms with Crippen LogP contribution in [0.2, 0.25) is 0 Å². The summed E-state index contributed by atoms with van der Waals surface area (Å²) in [6.07, 6.45) is 1.11. The van der Waals surface area contributed by atoms with E-state index in [4.69, 9.17) is 0 Å². The third kappa shape index (κ3) is 3.85. The minimum absolute atomic E-state index is 0.498. The van der Waals surface area contributed by atoms with Crippen LogP contribution in [0.1, 0.15) is 22.3 Å². The van der Waals surface area contributed by atoms with Gasteiger partial charge in [-0.25, -0.2) is 0 Å². The molecule has 1 aliphatic rings. The van der Waals surface area contributed by atoms with Crippen LogP contribution < -0.4 is 5.32 Å². The number of nitrogens with zero attached hydrogens (tertiary/aromatic N) is 2. The molecular formula is C18H31N3. The number of nitrogens with one attached hydrogen (secondary N) is 1. The first-order valence-corrected chi connectivity index (χ1v) is 8.05. The normalized spacial score (nSPS) is 22.5. The minimum Gasteiger partial charge on any atom is -0.315 e. The lowest BCUT2D eigenvalue weighted by Crippen LogP contribution is -2.58. The van der Waals surface area contributed by atoms with Crippen LogP contribution in [-0.4, -0.2) is 62.7 Å². The Bertz CT molecular complexity index is 460. The van der Waals surface area contributed by atoms with Gasteiger partial charge in [0.05, 0.1) is 0 Å². The molecule has 1 aromatic rings. The monoisotopic (exact) mass is 289 g/mol.